The molecule has 1 N–H and O–H groups in total. The van der Waals surface area contributed by atoms with Crippen LogP contribution in [0.1, 0.15) is 44.7 Å². The van der Waals surface area contributed by atoms with E-state index in [9.17, 15) is 17.8 Å². The lowest BCUT2D eigenvalue weighted by Gasteiger charge is -2.31. The van der Waals surface area contributed by atoms with Gasteiger partial charge in [-0.25, -0.2) is 0 Å². The highest BCUT2D eigenvalue weighted by Crippen LogP contribution is 2.65. The van der Waals surface area contributed by atoms with Gasteiger partial charge in [-0.2, -0.15) is 8.42 Å². The summed E-state index contributed by atoms with van der Waals surface area (Å²) in [6, 6.07) is 4.87. The van der Waals surface area contributed by atoms with Crippen molar-refractivity contribution in [3.63, 3.8) is 0 Å². The number of carbonyl (C=O) groups excluding carboxylic acids is 1. The Kier molecular flexibility index (Phi) is 3.40. The van der Waals surface area contributed by atoms with Gasteiger partial charge in [0.1, 0.15) is 4.90 Å². The zero-order valence-corrected chi connectivity index (χ0v) is 14.7. The summed E-state index contributed by atoms with van der Waals surface area (Å²) in [6.07, 6.45) is 3.48. The van der Waals surface area contributed by atoms with Crippen molar-refractivity contribution >= 4 is 22.0 Å². The van der Waals surface area contributed by atoms with Crippen LogP contribution in [0.4, 0.5) is 0 Å². The summed E-state index contributed by atoms with van der Waals surface area (Å²) in [5.41, 5.74) is 1.31. The topological polar surface area (TPSA) is 71.4 Å². The fraction of sp³-hybridized carbons (Fsp3) is 0.500. The van der Waals surface area contributed by atoms with Crippen LogP contribution in [0.25, 0.3) is 6.08 Å². The van der Waals surface area contributed by atoms with Crippen molar-refractivity contribution in [2.24, 2.45) is 16.7 Å². The second-order valence-corrected chi connectivity index (χ2v) is 8.98. The number of carbonyl (C=O) groups is 1. The molecule has 124 valence electrons. The minimum atomic E-state index is -4.33. The fourth-order valence-electron chi connectivity index (χ4n) is 4.25. The Morgan fingerprint density at radius 2 is 1.91 bits per heavy atom. The van der Waals surface area contributed by atoms with E-state index in [1.165, 1.54) is 6.07 Å². The number of allylic oxidation sites excluding steroid dienone is 1. The molecule has 0 heterocycles. The van der Waals surface area contributed by atoms with Crippen LogP contribution in [0.2, 0.25) is 0 Å². The lowest BCUT2D eigenvalue weighted by Crippen LogP contribution is -2.32. The summed E-state index contributed by atoms with van der Waals surface area (Å²) < 4.78 is 32.8. The van der Waals surface area contributed by atoms with Gasteiger partial charge in [0, 0.05) is 11.0 Å². The van der Waals surface area contributed by atoms with Crippen LogP contribution in [-0.4, -0.2) is 18.8 Å². The van der Waals surface area contributed by atoms with Crippen LogP contribution in [0, 0.1) is 23.7 Å². The van der Waals surface area contributed by atoms with Crippen molar-refractivity contribution in [1.82, 2.24) is 0 Å². The van der Waals surface area contributed by atoms with Crippen LogP contribution >= 0.6 is 0 Å². The maximum Gasteiger partial charge on any atom is 0.295 e. The minimum absolute atomic E-state index is 0.112. The fourth-order valence-corrected chi connectivity index (χ4v) is 5.01. The second-order valence-electron chi connectivity index (χ2n) is 7.59. The summed E-state index contributed by atoms with van der Waals surface area (Å²) >= 11 is 0. The van der Waals surface area contributed by atoms with Crippen LogP contribution < -0.4 is 0 Å². The second kappa shape index (κ2) is 4.77. The number of hydrogen-bond donors (Lipinski definition) is 1. The maximum absolute atomic E-state index is 12.9. The van der Waals surface area contributed by atoms with Gasteiger partial charge in [0.05, 0.1) is 0 Å². The van der Waals surface area contributed by atoms with E-state index in [1.807, 2.05) is 6.92 Å². The Hall–Kier alpha value is -1.46. The van der Waals surface area contributed by atoms with Gasteiger partial charge in [-0.05, 0) is 54.4 Å². The van der Waals surface area contributed by atoms with E-state index < -0.39 is 10.1 Å². The zero-order chi connectivity index (χ0) is 17.2. The SMILES string of the molecule is Cc1ccc(C=C2C(=O)C3(C)CCC2C3(C)C)c(S(=O)(=O)O)c1. The Labute approximate surface area is 137 Å². The molecular weight excluding hydrogens is 312 g/mol. The van der Waals surface area contributed by atoms with E-state index in [4.69, 9.17) is 0 Å². The number of Topliss-reactive ketones (excluding diaryl/α,β-unsaturated/α-hetero) is 1. The van der Waals surface area contributed by atoms with Crippen molar-refractivity contribution in [1.29, 1.82) is 0 Å². The Balaban J connectivity index is 2.17. The van der Waals surface area contributed by atoms with E-state index in [1.54, 1.807) is 25.1 Å². The molecule has 2 unspecified atom stereocenters. The molecule has 0 spiro atoms. The summed E-state index contributed by atoms with van der Waals surface area (Å²) in [4.78, 5) is 12.7. The molecule has 2 bridgehead atoms. The quantitative estimate of drug-likeness (QED) is 0.662. The van der Waals surface area contributed by atoms with Crippen LogP contribution in [0.3, 0.4) is 0 Å². The molecule has 2 fully saturated rings. The highest BCUT2D eigenvalue weighted by Gasteiger charge is 2.63. The highest BCUT2D eigenvalue weighted by atomic mass is 32.2. The molecule has 0 aromatic heterocycles. The molecule has 0 aliphatic heterocycles. The minimum Gasteiger partial charge on any atom is -0.294 e. The predicted octanol–water partition coefficient (Wildman–Crippen LogP) is 3.65. The first-order valence-corrected chi connectivity index (χ1v) is 9.27. The molecule has 2 atom stereocenters. The molecule has 2 aliphatic rings. The number of aryl methyl sites for hydroxylation is 1. The van der Waals surface area contributed by atoms with Gasteiger partial charge in [-0.1, -0.05) is 32.9 Å². The van der Waals surface area contributed by atoms with Crippen molar-refractivity contribution in [2.45, 2.75) is 45.4 Å². The third-order valence-corrected chi connectivity index (χ3v) is 7.03. The average Bonchev–Trinajstić information content (AvgIpc) is 2.74. The van der Waals surface area contributed by atoms with E-state index in [0.29, 0.717) is 11.1 Å². The molecular formula is C18H22O4S. The summed E-state index contributed by atoms with van der Waals surface area (Å²) in [5.74, 6) is 0.246. The van der Waals surface area contributed by atoms with Gasteiger partial charge < -0.3 is 0 Å². The molecule has 23 heavy (non-hydrogen) atoms. The number of rotatable bonds is 2. The Morgan fingerprint density at radius 3 is 2.43 bits per heavy atom. The molecule has 0 radical (unpaired) electrons. The van der Waals surface area contributed by atoms with Crippen molar-refractivity contribution in [3.8, 4) is 0 Å². The van der Waals surface area contributed by atoms with E-state index in [2.05, 4.69) is 13.8 Å². The monoisotopic (exact) mass is 334 g/mol. The van der Waals surface area contributed by atoms with Gasteiger partial charge in [0.15, 0.2) is 5.78 Å². The smallest absolute Gasteiger partial charge is 0.294 e. The lowest BCUT2D eigenvalue weighted by atomic mass is 9.70. The first-order chi connectivity index (χ1) is 10.5. The van der Waals surface area contributed by atoms with Gasteiger partial charge in [-0.15, -0.1) is 0 Å². The zero-order valence-electron chi connectivity index (χ0n) is 13.9. The van der Waals surface area contributed by atoms with Crippen molar-refractivity contribution < 1.29 is 17.8 Å². The number of ketones is 1. The first kappa shape index (κ1) is 16.4. The number of fused-ring (bicyclic) bond motifs is 2. The molecule has 1 aromatic carbocycles. The normalized spacial score (nSPS) is 31.1. The summed E-state index contributed by atoms with van der Waals surface area (Å²) in [6.45, 7) is 8.00. The highest BCUT2D eigenvalue weighted by molar-refractivity contribution is 7.85. The molecule has 1 aromatic rings. The van der Waals surface area contributed by atoms with Gasteiger partial charge in [0.25, 0.3) is 10.1 Å². The molecule has 3 rings (SSSR count). The molecule has 0 amide bonds. The molecule has 0 saturated heterocycles. The van der Waals surface area contributed by atoms with E-state index in [0.717, 1.165) is 18.4 Å². The number of hydrogen-bond acceptors (Lipinski definition) is 3. The van der Waals surface area contributed by atoms with E-state index >= 15 is 0 Å². The Bertz CT molecular complexity index is 833. The number of benzene rings is 1. The van der Waals surface area contributed by atoms with E-state index in [-0.39, 0.29) is 27.4 Å². The third kappa shape index (κ3) is 2.21. The third-order valence-electron chi connectivity index (χ3n) is 6.12. The van der Waals surface area contributed by atoms with Gasteiger partial charge >= 0.3 is 0 Å². The van der Waals surface area contributed by atoms with Crippen molar-refractivity contribution in [3.05, 3.63) is 34.9 Å². The standard InChI is InChI=1S/C18H22O4S/c1-11-5-6-12(15(9-11)23(20,21)22)10-13-14-7-8-18(4,16(13)19)17(14,2)3/h5-6,9-10,14H,7-8H2,1-4H3,(H,20,21,22). The summed E-state index contributed by atoms with van der Waals surface area (Å²) in [5, 5.41) is 0. The van der Waals surface area contributed by atoms with Crippen LogP contribution in [0.15, 0.2) is 28.7 Å². The van der Waals surface area contributed by atoms with Gasteiger partial charge in [-0.3, -0.25) is 9.35 Å². The Morgan fingerprint density at radius 1 is 1.26 bits per heavy atom. The molecule has 4 nitrogen and oxygen atoms in total. The summed E-state index contributed by atoms with van der Waals surface area (Å²) in [7, 11) is -4.33. The van der Waals surface area contributed by atoms with Crippen molar-refractivity contribution in [2.75, 3.05) is 0 Å². The molecule has 2 saturated carbocycles. The first-order valence-electron chi connectivity index (χ1n) is 7.83. The largest absolute Gasteiger partial charge is 0.295 e. The van der Waals surface area contributed by atoms with Crippen LogP contribution in [0.5, 0.6) is 0 Å². The van der Waals surface area contributed by atoms with Gasteiger partial charge in [0.2, 0.25) is 0 Å². The predicted molar refractivity (Wildman–Crippen MR) is 88.6 cm³/mol. The average molecular weight is 334 g/mol. The molecule has 5 heteroatoms. The van der Waals surface area contributed by atoms with Crippen LogP contribution in [-0.2, 0) is 14.9 Å². The molecule has 2 aliphatic carbocycles. The lowest BCUT2D eigenvalue weighted by molar-refractivity contribution is -0.125. The maximum atomic E-state index is 12.9.